The van der Waals surface area contributed by atoms with Crippen molar-refractivity contribution in [1.29, 1.82) is 0 Å². The van der Waals surface area contributed by atoms with Gasteiger partial charge in [0.05, 0.1) is 0 Å². The average Bonchev–Trinajstić information content (AvgIpc) is 2.16. The van der Waals surface area contributed by atoms with Gasteiger partial charge >= 0.3 is 0 Å². The Morgan fingerprint density at radius 3 is 2.29 bits per heavy atom. The first-order valence-corrected chi connectivity index (χ1v) is 6.30. The number of nitrogens with two attached hydrogens (primary N) is 1. The third kappa shape index (κ3) is 8.64. The highest BCUT2D eigenvalue weighted by Gasteiger charge is 2.13. The van der Waals surface area contributed by atoms with E-state index in [1.54, 1.807) is 0 Å². The number of thiol groups is 1. The maximum absolute atomic E-state index is 6.04. The minimum absolute atomic E-state index is 0.0406. The van der Waals surface area contributed by atoms with Gasteiger partial charge in [0.15, 0.2) is 0 Å². The predicted octanol–water partition coefficient (Wildman–Crippen LogP) is 3.55. The van der Waals surface area contributed by atoms with E-state index >= 15 is 0 Å². The van der Waals surface area contributed by atoms with E-state index in [0.29, 0.717) is 0 Å². The van der Waals surface area contributed by atoms with Crippen LogP contribution in [0.4, 0.5) is 0 Å². The zero-order chi connectivity index (χ0) is 10.9. The number of unbranched alkanes of at least 4 members (excludes halogenated alkanes) is 2. The first-order chi connectivity index (χ1) is 6.62. The highest BCUT2D eigenvalue weighted by atomic mass is 32.1. The molecule has 0 aliphatic rings. The van der Waals surface area contributed by atoms with Gasteiger partial charge in [0.2, 0.25) is 0 Å². The van der Waals surface area contributed by atoms with Crippen molar-refractivity contribution in [1.82, 2.24) is 0 Å². The molecule has 2 N–H and O–H groups in total. The molecule has 0 aromatic carbocycles. The number of rotatable bonds is 8. The summed E-state index contributed by atoms with van der Waals surface area (Å²) in [5.74, 6) is 0.987. The van der Waals surface area contributed by atoms with Crippen LogP contribution < -0.4 is 5.73 Å². The molecule has 0 spiro atoms. The van der Waals surface area contributed by atoms with Crippen LogP contribution in [-0.4, -0.2) is 11.3 Å². The Morgan fingerprint density at radius 1 is 1.21 bits per heavy atom. The van der Waals surface area contributed by atoms with Gasteiger partial charge in [-0.2, -0.15) is 12.6 Å². The van der Waals surface area contributed by atoms with Crippen molar-refractivity contribution < 1.29 is 0 Å². The summed E-state index contributed by atoms with van der Waals surface area (Å²) >= 11 is 4.16. The summed E-state index contributed by atoms with van der Waals surface area (Å²) in [7, 11) is 0. The van der Waals surface area contributed by atoms with Crippen molar-refractivity contribution >= 4 is 12.6 Å². The molecule has 0 amide bonds. The third-order valence-electron chi connectivity index (χ3n) is 2.62. The quantitative estimate of drug-likeness (QED) is 0.361. The number of hydrogen-bond donors (Lipinski definition) is 2. The zero-order valence-electron chi connectivity index (χ0n) is 9.63. The molecule has 0 unspecified atom stereocenters. The Balaban J connectivity index is 3.33. The van der Waals surface area contributed by atoms with E-state index in [-0.39, 0.29) is 5.54 Å². The highest BCUT2D eigenvalue weighted by molar-refractivity contribution is 7.80. The van der Waals surface area contributed by atoms with E-state index in [2.05, 4.69) is 38.6 Å². The summed E-state index contributed by atoms with van der Waals surface area (Å²) in [6, 6.07) is 0. The number of hydrogen-bond acceptors (Lipinski definition) is 2. The van der Waals surface area contributed by atoms with Gasteiger partial charge in [0.1, 0.15) is 0 Å². The lowest BCUT2D eigenvalue weighted by Crippen LogP contribution is -2.34. The first kappa shape index (κ1) is 14.1. The lowest BCUT2D eigenvalue weighted by molar-refractivity contribution is 0.407. The SMILES string of the molecule is CC[C@](C)(N)CCC/C=C\CCCS. The second kappa shape index (κ2) is 8.37. The molecule has 0 saturated heterocycles. The van der Waals surface area contributed by atoms with E-state index in [4.69, 9.17) is 5.73 Å². The van der Waals surface area contributed by atoms with E-state index in [0.717, 1.165) is 25.0 Å². The number of allylic oxidation sites excluding steroid dienone is 2. The maximum atomic E-state index is 6.04. The lowest BCUT2D eigenvalue weighted by atomic mass is 9.93. The Bertz CT molecular complexity index is 152. The molecule has 0 saturated carbocycles. The van der Waals surface area contributed by atoms with Gasteiger partial charge in [-0.05, 0) is 51.2 Å². The standard InChI is InChI=1S/C12H25NS/c1-3-12(2,13)10-8-6-4-5-7-9-11-14/h4-5,14H,3,6-11,13H2,1-2H3/b5-4-/t12-/m0/s1. The third-order valence-corrected chi connectivity index (χ3v) is 2.94. The summed E-state index contributed by atoms with van der Waals surface area (Å²) in [5, 5.41) is 0. The van der Waals surface area contributed by atoms with Crippen molar-refractivity contribution in [3.8, 4) is 0 Å². The smallest absolute Gasteiger partial charge is 0.0123 e. The van der Waals surface area contributed by atoms with E-state index < -0.39 is 0 Å². The molecule has 1 atom stereocenters. The van der Waals surface area contributed by atoms with Gasteiger partial charge in [-0.15, -0.1) is 0 Å². The summed E-state index contributed by atoms with van der Waals surface area (Å²) in [5.41, 5.74) is 6.08. The van der Waals surface area contributed by atoms with Crippen molar-refractivity contribution in [2.75, 3.05) is 5.75 Å². The van der Waals surface area contributed by atoms with E-state index in [1.165, 1.54) is 19.3 Å². The molecule has 0 aromatic heterocycles. The minimum atomic E-state index is 0.0406. The van der Waals surface area contributed by atoms with Crippen molar-refractivity contribution in [3.05, 3.63) is 12.2 Å². The molecule has 0 aromatic rings. The van der Waals surface area contributed by atoms with Crippen LogP contribution in [0.1, 0.15) is 52.4 Å². The van der Waals surface area contributed by atoms with Crippen LogP contribution >= 0.6 is 12.6 Å². The van der Waals surface area contributed by atoms with Crippen molar-refractivity contribution in [2.45, 2.75) is 57.9 Å². The highest BCUT2D eigenvalue weighted by Crippen LogP contribution is 2.14. The van der Waals surface area contributed by atoms with Crippen LogP contribution in [0.3, 0.4) is 0 Å². The fraction of sp³-hybridized carbons (Fsp3) is 0.833. The maximum Gasteiger partial charge on any atom is 0.0123 e. The van der Waals surface area contributed by atoms with Crippen molar-refractivity contribution in [2.24, 2.45) is 5.73 Å². The molecular weight excluding hydrogens is 190 g/mol. The first-order valence-electron chi connectivity index (χ1n) is 5.67. The lowest BCUT2D eigenvalue weighted by Gasteiger charge is -2.21. The molecule has 0 rings (SSSR count). The Kier molecular flexibility index (Phi) is 8.40. The molecule has 0 radical (unpaired) electrons. The minimum Gasteiger partial charge on any atom is -0.325 e. The molecule has 0 bridgehead atoms. The van der Waals surface area contributed by atoms with Crippen LogP contribution in [0.2, 0.25) is 0 Å². The molecule has 0 fully saturated rings. The zero-order valence-corrected chi connectivity index (χ0v) is 10.5. The Hall–Kier alpha value is 0.0500. The summed E-state index contributed by atoms with van der Waals surface area (Å²) in [6.07, 6.45) is 11.4. The molecule has 2 heteroatoms. The Labute approximate surface area is 94.6 Å². The fourth-order valence-corrected chi connectivity index (χ4v) is 1.43. The van der Waals surface area contributed by atoms with Gasteiger partial charge in [0.25, 0.3) is 0 Å². The summed E-state index contributed by atoms with van der Waals surface area (Å²) < 4.78 is 0. The second-order valence-corrected chi connectivity index (χ2v) is 4.68. The fourth-order valence-electron chi connectivity index (χ4n) is 1.25. The van der Waals surface area contributed by atoms with E-state index in [9.17, 15) is 0 Å². The topological polar surface area (TPSA) is 26.0 Å². The molecule has 1 nitrogen and oxygen atoms in total. The predicted molar refractivity (Wildman–Crippen MR) is 69.0 cm³/mol. The van der Waals surface area contributed by atoms with Crippen LogP contribution in [0.25, 0.3) is 0 Å². The molecule has 0 aliphatic heterocycles. The van der Waals surface area contributed by atoms with Crippen LogP contribution in [-0.2, 0) is 0 Å². The summed E-state index contributed by atoms with van der Waals surface area (Å²) in [6.45, 7) is 4.29. The normalized spacial score (nSPS) is 16.0. The molecule has 84 valence electrons. The molecule has 14 heavy (non-hydrogen) atoms. The van der Waals surface area contributed by atoms with Crippen molar-refractivity contribution in [3.63, 3.8) is 0 Å². The molecular formula is C12H25NS. The van der Waals surface area contributed by atoms with Gasteiger partial charge < -0.3 is 5.73 Å². The van der Waals surface area contributed by atoms with Gasteiger partial charge in [-0.25, -0.2) is 0 Å². The molecule has 0 aliphatic carbocycles. The van der Waals surface area contributed by atoms with E-state index in [1.807, 2.05) is 0 Å². The second-order valence-electron chi connectivity index (χ2n) is 4.24. The van der Waals surface area contributed by atoms with Crippen LogP contribution in [0.5, 0.6) is 0 Å². The van der Waals surface area contributed by atoms with Crippen LogP contribution in [0.15, 0.2) is 12.2 Å². The van der Waals surface area contributed by atoms with Gasteiger partial charge in [-0.3, -0.25) is 0 Å². The molecule has 0 heterocycles. The van der Waals surface area contributed by atoms with Gasteiger partial charge in [0, 0.05) is 5.54 Å². The summed E-state index contributed by atoms with van der Waals surface area (Å²) in [4.78, 5) is 0. The monoisotopic (exact) mass is 215 g/mol. The van der Waals surface area contributed by atoms with Gasteiger partial charge in [-0.1, -0.05) is 19.1 Å². The average molecular weight is 215 g/mol. The largest absolute Gasteiger partial charge is 0.325 e. The Morgan fingerprint density at radius 2 is 1.79 bits per heavy atom. The van der Waals surface area contributed by atoms with Crippen LogP contribution in [0, 0.1) is 0 Å².